The summed E-state index contributed by atoms with van der Waals surface area (Å²) in [7, 11) is 1.55. The predicted octanol–water partition coefficient (Wildman–Crippen LogP) is 2.36. The number of benzene rings is 1. The molecule has 0 saturated carbocycles. The Morgan fingerprint density at radius 2 is 1.94 bits per heavy atom. The molecule has 18 heavy (non-hydrogen) atoms. The van der Waals surface area contributed by atoms with Gasteiger partial charge >= 0.3 is 0 Å². The van der Waals surface area contributed by atoms with Crippen LogP contribution in [0.4, 0.5) is 8.78 Å². The Labute approximate surface area is 105 Å². The van der Waals surface area contributed by atoms with Gasteiger partial charge in [0, 0.05) is 20.1 Å². The molecular formula is C13H18F2O3. The Balaban J connectivity index is 2.56. The van der Waals surface area contributed by atoms with E-state index in [4.69, 9.17) is 9.47 Å². The van der Waals surface area contributed by atoms with Gasteiger partial charge in [0.15, 0.2) is 0 Å². The maximum Gasteiger partial charge on any atom is 0.134 e. The first kappa shape index (κ1) is 15.0. The Morgan fingerprint density at radius 3 is 2.61 bits per heavy atom. The number of aryl methyl sites for hydroxylation is 1. The summed E-state index contributed by atoms with van der Waals surface area (Å²) >= 11 is 0. The minimum absolute atomic E-state index is 0.140. The van der Waals surface area contributed by atoms with Crippen LogP contribution >= 0.6 is 0 Å². The van der Waals surface area contributed by atoms with Gasteiger partial charge in [0.2, 0.25) is 0 Å². The summed E-state index contributed by atoms with van der Waals surface area (Å²) in [5, 5.41) is 9.77. The molecule has 0 aliphatic rings. The Morgan fingerprint density at radius 1 is 1.22 bits per heavy atom. The molecule has 1 aromatic rings. The van der Waals surface area contributed by atoms with Crippen LogP contribution in [0, 0.1) is 18.6 Å². The first-order chi connectivity index (χ1) is 8.57. The van der Waals surface area contributed by atoms with Gasteiger partial charge in [-0.05, 0) is 18.6 Å². The second-order valence-electron chi connectivity index (χ2n) is 4.00. The van der Waals surface area contributed by atoms with Crippen molar-refractivity contribution >= 4 is 0 Å². The number of aliphatic hydroxyl groups excluding tert-OH is 1. The Hall–Kier alpha value is -1.04. The lowest BCUT2D eigenvalue weighted by atomic mass is 10.0. The highest BCUT2D eigenvalue weighted by Gasteiger charge is 2.19. The lowest BCUT2D eigenvalue weighted by molar-refractivity contribution is 0.0460. The van der Waals surface area contributed by atoms with E-state index in [1.165, 1.54) is 13.0 Å². The molecule has 1 aromatic carbocycles. The lowest BCUT2D eigenvalue weighted by Gasteiger charge is -2.14. The van der Waals surface area contributed by atoms with Crippen LogP contribution in [0.2, 0.25) is 0 Å². The summed E-state index contributed by atoms with van der Waals surface area (Å²) in [6.07, 6.45) is -1.06. The quantitative estimate of drug-likeness (QED) is 0.765. The first-order valence-corrected chi connectivity index (χ1v) is 5.77. The van der Waals surface area contributed by atoms with Gasteiger partial charge < -0.3 is 14.6 Å². The third-order valence-electron chi connectivity index (χ3n) is 2.62. The summed E-state index contributed by atoms with van der Waals surface area (Å²) in [5.41, 5.74) is 0.0242. The van der Waals surface area contributed by atoms with Crippen molar-refractivity contribution in [2.75, 3.05) is 26.9 Å². The fourth-order valence-electron chi connectivity index (χ4n) is 1.57. The van der Waals surface area contributed by atoms with Crippen molar-refractivity contribution in [3.8, 4) is 0 Å². The third-order valence-corrected chi connectivity index (χ3v) is 2.62. The van der Waals surface area contributed by atoms with Crippen molar-refractivity contribution in [1.82, 2.24) is 0 Å². The number of ether oxygens (including phenoxy) is 2. The van der Waals surface area contributed by atoms with Gasteiger partial charge in [-0.25, -0.2) is 8.78 Å². The normalized spacial score (nSPS) is 12.7. The maximum atomic E-state index is 13.7. The molecule has 102 valence electrons. The SMILES string of the molecule is COCCOCCC(O)c1c(F)ccc(C)c1F. The summed E-state index contributed by atoms with van der Waals surface area (Å²) in [5.74, 6) is -1.43. The van der Waals surface area contributed by atoms with Crippen LogP contribution in [0.3, 0.4) is 0 Å². The van der Waals surface area contributed by atoms with E-state index < -0.39 is 17.7 Å². The van der Waals surface area contributed by atoms with Crippen LogP contribution in [-0.4, -0.2) is 32.0 Å². The monoisotopic (exact) mass is 260 g/mol. The minimum Gasteiger partial charge on any atom is -0.388 e. The molecule has 1 unspecified atom stereocenters. The zero-order chi connectivity index (χ0) is 13.5. The molecule has 0 aliphatic carbocycles. The second-order valence-corrected chi connectivity index (χ2v) is 4.00. The maximum absolute atomic E-state index is 13.7. The lowest BCUT2D eigenvalue weighted by Crippen LogP contribution is -2.10. The standard InChI is InChI=1S/C13H18F2O3/c1-9-3-4-10(14)12(13(9)15)11(16)5-6-18-8-7-17-2/h3-4,11,16H,5-8H2,1-2H3. The van der Waals surface area contributed by atoms with Gasteiger partial charge in [-0.1, -0.05) is 6.07 Å². The van der Waals surface area contributed by atoms with Crippen molar-refractivity contribution in [1.29, 1.82) is 0 Å². The van der Waals surface area contributed by atoms with Gasteiger partial charge in [-0.15, -0.1) is 0 Å². The zero-order valence-electron chi connectivity index (χ0n) is 10.6. The number of rotatable bonds is 7. The van der Waals surface area contributed by atoms with Crippen molar-refractivity contribution < 1.29 is 23.4 Å². The van der Waals surface area contributed by atoms with Gasteiger partial charge in [-0.2, -0.15) is 0 Å². The Kier molecular flexibility index (Phi) is 6.18. The van der Waals surface area contributed by atoms with Crippen LogP contribution < -0.4 is 0 Å². The van der Waals surface area contributed by atoms with Gasteiger partial charge in [0.05, 0.1) is 24.9 Å². The highest BCUT2D eigenvalue weighted by Crippen LogP contribution is 2.25. The average Bonchev–Trinajstić information content (AvgIpc) is 2.34. The molecular weight excluding hydrogens is 242 g/mol. The molecule has 1 rings (SSSR count). The van der Waals surface area contributed by atoms with E-state index in [0.29, 0.717) is 18.8 Å². The number of methoxy groups -OCH3 is 1. The molecule has 0 fully saturated rings. The van der Waals surface area contributed by atoms with E-state index >= 15 is 0 Å². The summed E-state index contributed by atoms with van der Waals surface area (Å²) in [4.78, 5) is 0. The molecule has 0 amide bonds. The third kappa shape index (κ3) is 4.01. The fraction of sp³-hybridized carbons (Fsp3) is 0.538. The van der Waals surface area contributed by atoms with Crippen LogP contribution in [0.15, 0.2) is 12.1 Å². The van der Waals surface area contributed by atoms with Crippen molar-refractivity contribution in [3.05, 3.63) is 34.9 Å². The molecule has 5 heteroatoms. The van der Waals surface area contributed by atoms with Crippen molar-refractivity contribution in [3.63, 3.8) is 0 Å². The smallest absolute Gasteiger partial charge is 0.134 e. The summed E-state index contributed by atoms with van der Waals surface area (Å²) in [6.45, 7) is 2.59. The van der Waals surface area contributed by atoms with Gasteiger partial charge in [-0.3, -0.25) is 0 Å². The number of hydrogen-bond acceptors (Lipinski definition) is 3. The largest absolute Gasteiger partial charge is 0.388 e. The van der Waals surface area contributed by atoms with E-state index in [1.807, 2.05) is 0 Å². The van der Waals surface area contributed by atoms with Crippen molar-refractivity contribution in [2.24, 2.45) is 0 Å². The zero-order valence-corrected chi connectivity index (χ0v) is 10.6. The average molecular weight is 260 g/mol. The molecule has 1 N–H and O–H groups in total. The number of hydrogen-bond donors (Lipinski definition) is 1. The first-order valence-electron chi connectivity index (χ1n) is 5.77. The number of halogens is 2. The molecule has 0 heterocycles. The fourth-order valence-corrected chi connectivity index (χ4v) is 1.57. The Bertz CT molecular complexity index is 383. The van der Waals surface area contributed by atoms with Gasteiger partial charge in [0.25, 0.3) is 0 Å². The molecule has 0 bridgehead atoms. The molecule has 0 aliphatic heterocycles. The van der Waals surface area contributed by atoms with Crippen LogP contribution in [0.5, 0.6) is 0 Å². The minimum atomic E-state index is -1.20. The van der Waals surface area contributed by atoms with Crippen LogP contribution in [0.1, 0.15) is 23.7 Å². The summed E-state index contributed by atoms with van der Waals surface area (Å²) < 4.78 is 37.1. The highest BCUT2D eigenvalue weighted by molar-refractivity contribution is 5.28. The highest BCUT2D eigenvalue weighted by atomic mass is 19.1. The van der Waals surface area contributed by atoms with Crippen molar-refractivity contribution in [2.45, 2.75) is 19.4 Å². The molecule has 3 nitrogen and oxygen atoms in total. The predicted molar refractivity (Wildman–Crippen MR) is 63.4 cm³/mol. The van der Waals surface area contributed by atoms with E-state index in [-0.39, 0.29) is 18.6 Å². The molecule has 1 atom stereocenters. The molecule has 0 saturated heterocycles. The molecule has 0 spiro atoms. The molecule has 0 radical (unpaired) electrons. The van der Waals surface area contributed by atoms with Crippen LogP contribution in [0.25, 0.3) is 0 Å². The van der Waals surface area contributed by atoms with E-state index in [1.54, 1.807) is 7.11 Å². The van der Waals surface area contributed by atoms with E-state index in [2.05, 4.69) is 0 Å². The summed E-state index contributed by atoms with van der Waals surface area (Å²) in [6, 6.07) is 2.50. The van der Waals surface area contributed by atoms with E-state index in [0.717, 1.165) is 6.07 Å². The van der Waals surface area contributed by atoms with Gasteiger partial charge in [0.1, 0.15) is 11.6 Å². The second kappa shape index (κ2) is 7.41. The van der Waals surface area contributed by atoms with E-state index in [9.17, 15) is 13.9 Å². The molecule has 0 aromatic heterocycles. The van der Waals surface area contributed by atoms with Crippen LogP contribution in [-0.2, 0) is 9.47 Å². The number of aliphatic hydroxyl groups is 1. The topological polar surface area (TPSA) is 38.7 Å².